The number of rotatable bonds is 4. The fourth-order valence-electron chi connectivity index (χ4n) is 2.13. The fraction of sp³-hybridized carbons (Fsp3) is 0.462. The highest BCUT2D eigenvalue weighted by Gasteiger charge is 2.15. The molecule has 98 valence electrons. The van der Waals surface area contributed by atoms with Gasteiger partial charge in [0.1, 0.15) is 0 Å². The predicted molar refractivity (Wildman–Crippen MR) is 77.1 cm³/mol. The Bertz CT molecular complexity index is 433. The molecule has 5 heteroatoms. The van der Waals surface area contributed by atoms with Gasteiger partial charge in [0.15, 0.2) is 0 Å². The van der Waals surface area contributed by atoms with Gasteiger partial charge >= 0.3 is 0 Å². The van der Waals surface area contributed by atoms with Crippen LogP contribution >= 0.6 is 27.5 Å². The highest BCUT2D eigenvalue weighted by atomic mass is 79.9. The zero-order valence-electron chi connectivity index (χ0n) is 10.0. The average Bonchev–Trinajstić information content (AvgIpc) is 2.81. The Kier molecular flexibility index (Phi) is 5.03. The van der Waals surface area contributed by atoms with Crippen molar-refractivity contribution in [2.24, 2.45) is 0 Å². The lowest BCUT2D eigenvalue weighted by atomic mass is 10.1. The highest BCUT2D eigenvalue weighted by Crippen LogP contribution is 2.21. The summed E-state index contributed by atoms with van der Waals surface area (Å²) in [5, 5.41) is 6.79. The third-order valence-electron chi connectivity index (χ3n) is 3.12. The zero-order chi connectivity index (χ0) is 13.0. The molecule has 1 aromatic carbocycles. The van der Waals surface area contributed by atoms with Crippen molar-refractivity contribution in [3.8, 4) is 0 Å². The van der Waals surface area contributed by atoms with E-state index in [1.165, 1.54) is 12.8 Å². The summed E-state index contributed by atoms with van der Waals surface area (Å²) in [6.45, 7) is 1.78. The van der Waals surface area contributed by atoms with Crippen molar-refractivity contribution in [2.75, 3.05) is 13.1 Å². The second-order valence-electron chi connectivity index (χ2n) is 4.46. The summed E-state index contributed by atoms with van der Waals surface area (Å²) >= 11 is 9.35. The van der Waals surface area contributed by atoms with E-state index in [1.807, 2.05) is 6.07 Å². The van der Waals surface area contributed by atoms with Crippen LogP contribution in [0.2, 0.25) is 5.02 Å². The number of hydrogen-bond donors (Lipinski definition) is 2. The van der Waals surface area contributed by atoms with Crippen molar-refractivity contribution < 1.29 is 4.79 Å². The zero-order valence-corrected chi connectivity index (χ0v) is 12.4. The molecule has 0 bridgehead atoms. The molecule has 18 heavy (non-hydrogen) atoms. The van der Waals surface area contributed by atoms with Gasteiger partial charge in [0.25, 0.3) is 5.91 Å². The van der Waals surface area contributed by atoms with Crippen LogP contribution in [0, 0.1) is 0 Å². The van der Waals surface area contributed by atoms with Crippen LogP contribution in [0.15, 0.2) is 22.7 Å². The van der Waals surface area contributed by atoms with Crippen molar-refractivity contribution in [1.82, 2.24) is 10.6 Å². The van der Waals surface area contributed by atoms with Crippen LogP contribution in [0.1, 0.15) is 29.6 Å². The molecule has 3 nitrogen and oxygen atoms in total. The molecule has 1 saturated heterocycles. The Labute approximate surface area is 120 Å². The molecule has 1 atom stereocenters. The molecule has 1 amide bonds. The second-order valence-corrected chi connectivity index (χ2v) is 5.78. The van der Waals surface area contributed by atoms with Gasteiger partial charge in [-0.15, -0.1) is 0 Å². The lowest BCUT2D eigenvalue weighted by Gasteiger charge is -2.11. The molecule has 0 aromatic heterocycles. The molecule has 1 aliphatic rings. The van der Waals surface area contributed by atoms with Crippen molar-refractivity contribution >= 4 is 33.4 Å². The first kappa shape index (κ1) is 13.8. The van der Waals surface area contributed by atoms with E-state index in [1.54, 1.807) is 12.1 Å². The number of benzene rings is 1. The van der Waals surface area contributed by atoms with Crippen molar-refractivity contribution in [1.29, 1.82) is 0 Å². The number of hydrogen-bond acceptors (Lipinski definition) is 2. The van der Waals surface area contributed by atoms with Crippen molar-refractivity contribution in [2.45, 2.75) is 25.3 Å². The van der Waals surface area contributed by atoms with E-state index in [2.05, 4.69) is 26.6 Å². The topological polar surface area (TPSA) is 41.1 Å². The Morgan fingerprint density at radius 2 is 2.39 bits per heavy atom. The summed E-state index contributed by atoms with van der Waals surface area (Å²) in [7, 11) is 0. The van der Waals surface area contributed by atoms with Crippen LogP contribution in [0.25, 0.3) is 0 Å². The molecule has 1 aliphatic heterocycles. The quantitative estimate of drug-likeness (QED) is 0.890. The maximum absolute atomic E-state index is 11.9. The highest BCUT2D eigenvalue weighted by molar-refractivity contribution is 9.10. The monoisotopic (exact) mass is 330 g/mol. The molecule has 0 saturated carbocycles. The number of carbonyl (C=O) groups is 1. The molecule has 1 heterocycles. The molecule has 2 rings (SSSR count). The third-order valence-corrected chi connectivity index (χ3v) is 3.92. The predicted octanol–water partition coefficient (Wildman–Crippen LogP) is 2.97. The van der Waals surface area contributed by atoms with E-state index in [0.717, 1.165) is 17.4 Å². The van der Waals surface area contributed by atoms with Gasteiger partial charge in [0, 0.05) is 17.1 Å². The van der Waals surface area contributed by atoms with Gasteiger partial charge < -0.3 is 10.6 Å². The normalized spacial score (nSPS) is 18.9. The Hall–Kier alpha value is -0.580. The van der Waals surface area contributed by atoms with Crippen LogP contribution in [0.4, 0.5) is 0 Å². The lowest BCUT2D eigenvalue weighted by molar-refractivity contribution is 0.0952. The Balaban J connectivity index is 1.83. The van der Waals surface area contributed by atoms with Gasteiger partial charge in [-0.1, -0.05) is 27.5 Å². The lowest BCUT2D eigenvalue weighted by Crippen LogP contribution is -2.30. The molecule has 2 N–H and O–H groups in total. The van der Waals surface area contributed by atoms with Crippen molar-refractivity contribution in [3.05, 3.63) is 33.3 Å². The molecular formula is C13H16BrClN2O. The first-order valence-electron chi connectivity index (χ1n) is 6.13. The van der Waals surface area contributed by atoms with Crippen LogP contribution in [0.5, 0.6) is 0 Å². The SMILES string of the molecule is O=C(NCC[C@@H]1CCCN1)c1ccc(Br)cc1Cl. The summed E-state index contributed by atoms with van der Waals surface area (Å²) in [4.78, 5) is 11.9. The van der Waals surface area contributed by atoms with E-state index in [-0.39, 0.29) is 5.91 Å². The number of halogens is 2. The second kappa shape index (κ2) is 6.55. The summed E-state index contributed by atoms with van der Waals surface area (Å²) < 4.78 is 0.874. The summed E-state index contributed by atoms with van der Waals surface area (Å²) in [6.07, 6.45) is 3.41. The van der Waals surface area contributed by atoms with Crippen molar-refractivity contribution in [3.63, 3.8) is 0 Å². The van der Waals surface area contributed by atoms with Gasteiger partial charge in [-0.3, -0.25) is 4.79 Å². The first-order chi connectivity index (χ1) is 8.66. The summed E-state index contributed by atoms with van der Waals surface area (Å²) in [5.41, 5.74) is 0.527. The van der Waals surface area contributed by atoms with E-state index in [9.17, 15) is 4.79 Å². The van der Waals surface area contributed by atoms with Crippen LogP contribution in [-0.2, 0) is 0 Å². The van der Waals surface area contributed by atoms with Gasteiger partial charge in [-0.05, 0) is 44.0 Å². The van der Waals surface area contributed by atoms with E-state index >= 15 is 0 Å². The molecule has 0 unspecified atom stereocenters. The van der Waals surface area contributed by atoms with Crippen LogP contribution in [-0.4, -0.2) is 25.0 Å². The molecule has 0 radical (unpaired) electrons. The minimum absolute atomic E-state index is 0.106. The maximum atomic E-state index is 11.9. The number of carbonyl (C=O) groups excluding carboxylic acids is 1. The third kappa shape index (κ3) is 3.70. The molecule has 1 fully saturated rings. The molecule has 1 aromatic rings. The fourth-order valence-corrected chi connectivity index (χ4v) is 2.89. The Morgan fingerprint density at radius 3 is 3.06 bits per heavy atom. The van der Waals surface area contributed by atoms with Gasteiger partial charge in [-0.25, -0.2) is 0 Å². The van der Waals surface area contributed by atoms with E-state index in [4.69, 9.17) is 11.6 Å². The molecule has 0 aliphatic carbocycles. The molecule has 0 spiro atoms. The standard InChI is InChI=1S/C13H16BrClN2O/c14-9-3-4-11(12(15)8-9)13(18)17-7-5-10-2-1-6-16-10/h3-4,8,10,16H,1-2,5-7H2,(H,17,18)/t10-/m0/s1. The minimum atomic E-state index is -0.106. The van der Waals surface area contributed by atoms with E-state index in [0.29, 0.717) is 23.2 Å². The molecular weight excluding hydrogens is 316 g/mol. The van der Waals surface area contributed by atoms with Gasteiger partial charge in [0.05, 0.1) is 10.6 Å². The largest absolute Gasteiger partial charge is 0.352 e. The first-order valence-corrected chi connectivity index (χ1v) is 7.30. The minimum Gasteiger partial charge on any atom is -0.352 e. The van der Waals surface area contributed by atoms with Gasteiger partial charge in [-0.2, -0.15) is 0 Å². The number of nitrogens with one attached hydrogen (secondary N) is 2. The summed E-state index contributed by atoms with van der Waals surface area (Å²) in [5.74, 6) is -0.106. The van der Waals surface area contributed by atoms with Gasteiger partial charge in [0.2, 0.25) is 0 Å². The van der Waals surface area contributed by atoms with Crippen LogP contribution < -0.4 is 10.6 Å². The van der Waals surface area contributed by atoms with Crippen LogP contribution in [0.3, 0.4) is 0 Å². The smallest absolute Gasteiger partial charge is 0.252 e. The number of amides is 1. The summed E-state index contributed by atoms with van der Waals surface area (Å²) in [6, 6.07) is 5.83. The average molecular weight is 332 g/mol. The Morgan fingerprint density at radius 1 is 1.56 bits per heavy atom. The maximum Gasteiger partial charge on any atom is 0.252 e. The van der Waals surface area contributed by atoms with E-state index < -0.39 is 0 Å².